The van der Waals surface area contributed by atoms with Crippen LogP contribution in [0, 0.1) is 0 Å². The first-order valence-electron chi connectivity index (χ1n) is 4.97. The van der Waals surface area contributed by atoms with Gasteiger partial charge in [-0.05, 0) is 18.1 Å². The number of nitrogens with one attached hydrogen (secondary N) is 2. The molecule has 1 unspecified atom stereocenters. The van der Waals surface area contributed by atoms with Crippen LogP contribution in [0.1, 0.15) is 17.3 Å². The Morgan fingerprint density at radius 3 is 2.88 bits per heavy atom. The second-order valence-electron chi connectivity index (χ2n) is 3.53. The molecule has 2 rings (SSSR count). The molecular weight excluding hydrogens is 261 g/mol. The van der Waals surface area contributed by atoms with E-state index in [0.29, 0.717) is 16.5 Å². The van der Waals surface area contributed by atoms with E-state index < -0.39 is 0 Å². The summed E-state index contributed by atoms with van der Waals surface area (Å²) in [4.78, 5) is 0. The second kappa shape index (κ2) is 5.46. The number of nitrogens with zero attached hydrogens (tertiary/aromatic N) is 2. The van der Waals surface area contributed by atoms with Crippen LogP contribution < -0.4 is 11.3 Å². The summed E-state index contributed by atoms with van der Waals surface area (Å²) in [5.41, 5.74) is 4.31. The third-order valence-electron chi connectivity index (χ3n) is 2.45. The number of nitrogens with two attached hydrogens (primary N) is 1. The molecule has 1 heterocycles. The van der Waals surface area contributed by atoms with E-state index in [1.807, 2.05) is 12.1 Å². The van der Waals surface area contributed by atoms with Gasteiger partial charge in [0.15, 0.2) is 0 Å². The quantitative estimate of drug-likeness (QED) is 0.586. The minimum atomic E-state index is -0.162. The van der Waals surface area contributed by atoms with E-state index in [0.717, 1.165) is 11.3 Å². The molecule has 0 saturated carbocycles. The summed E-state index contributed by atoms with van der Waals surface area (Å²) in [6, 6.07) is 5.33. The summed E-state index contributed by atoms with van der Waals surface area (Å²) in [6.45, 7) is 0. The molecule has 4 N–H and O–H groups in total. The number of aromatic amines is 1. The molecule has 0 aliphatic rings. The molecule has 0 spiro atoms. The normalized spacial score (nSPS) is 12.6. The molecule has 1 atom stereocenters. The lowest BCUT2D eigenvalue weighted by Gasteiger charge is -2.14. The fourth-order valence-corrected chi connectivity index (χ4v) is 1.95. The summed E-state index contributed by atoms with van der Waals surface area (Å²) < 4.78 is 0. The molecular formula is C10H11Cl2N5. The molecule has 0 radical (unpaired) electrons. The number of H-pyrrole nitrogens is 1. The van der Waals surface area contributed by atoms with Crippen LogP contribution in [0.5, 0.6) is 0 Å². The molecule has 0 bridgehead atoms. The van der Waals surface area contributed by atoms with Crippen LogP contribution in [-0.2, 0) is 6.42 Å². The van der Waals surface area contributed by atoms with Gasteiger partial charge in [-0.15, -0.1) is 0 Å². The smallest absolute Gasteiger partial charge is 0.101 e. The van der Waals surface area contributed by atoms with Crippen molar-refractivity contribution in [2.75, 3.05) is 0 Å². The van der Waals surface area contributed by atoms with E-state index >= 15 is 0 Å². The summed E-state index contributed by atoms with van der Waals surface area (Å²) in [5, 5.41) is 11.3. The van der Waals surface area contributed by atoms with E-state index in [-0.39, 0.29) is 6.04 Å². The molecule has 1 aromatic carbocycles. The molecule has 7 heteroatoms. The Balaban J connectivity index is 2.22. The van der Waals surface area contributed by atoms with Crippen molar-refractivity contribution in [3.63, 3.8) is 0 Å². The summed E-state index contributed by atoms with van der Waals surface area (Å²) in [7, 11) is 0. The molecule has 90 valence electrons. The molecule has 17 heavy (non-hydrogen) atoms. The van der Waals surface area contributed by atoms with Crippen LogP contribution in [0.2, 0.25) is 10.0 Å². The third-order valence-corrected chi connectivity index (χ3v) is 3.31. The van der Waals surface area contributed by atoms with Crippen LogP contribution in [-0.4, -0.2) is 15.4 Å². The highest BCUT2D eigenvalue weighted by Gasteiger charge is 2.15. The lowest BCUT2D eigenvalue weighted by atomic mass is 10.0. The largest absolute Gasteiger partial charge is 0.271 e. The van der Waals surface area contributed by atoms with Crippen molar-refractivity contribution in [2.24, 2.45) is 5.84 Å². The number of halogens is 2. The van der Waals surface area contributed by atoms with Gasteiger partial charge in [-0.2, -0.15) is 15.4 Å². The molecule has 0 fully saturated rings. The van der Waals surface area contributed by atoms with Gasteiger partial charge >= 0.3 is 0 Å². The predicted molar refractivity (Wildman–Crippen MR) is 66.6 cm³/mol. The molecule has 0 aliphatic carbocycles. The van der Waals surface area contributed by atoms with Gasteiger partial charge in [0.05, 0.1) is 22.3 Å². The van der Waals surface area contributed by atoms with Crippen molar-refractivity contribution >= 4 is 23.2 Å². The van der Waals surface area contributed by atoms with Crippen molar-refractivity contribution in [3.05, 3.63) is 45.7 Å². The number of hydrogen-bond donors (Lipinski definition) is 3. The Bertz CT molecular complexity index is 485. The lowest BCUT2D eigenvalue weighted by Crippen LogP contribution is -2.30. The highest BCUT2D eigenvalue weighted by Crippen LogP contribution is 2.28. The van der Waals surface area contributed by atoms with Crippen molar-refractivity contribution in [1.82, 2.24) is 20.8 Å². The first-order valence-corrected chi connectivity index (χ1v) is 5.72. The molecule has 1 aromatic heterocycles. The standard InChI is InChI=1S/C10H11Cl2N5/c11-7-3-1-2-6(10(7)12)4-8(15-13)9-5-14-17-16-9/h1-3,5,8,15H,4,13H2,(H,14,16,17). The predicted octanol–water partition coefficient (Wildman–Crippen LogP) is 1.86. The van der Waals surface area contributed by atoms with E-state index in [4.69, 9.17) is 29.0 Å². The monoisotopic (exact) mass is 271 g/mol. The number of hydrazine groups is 1. The van der Waals surface area contributed by atoms with Crippen molar-refractivity contribution in [2.45, 2.75) is 12.5 Å². The number of rotatable bonds is 4. The Morgan fingerprint density at radius 1 is 1.41 bits per heavy atom. The average Bonchev–Trinajstić information content (AvgIpc) is 2.85. The van der Waals surface area contributed by atoms with Crippen molar-refractivity contribution < 1.29 is 0 Å². The van der Waals surface area contributed by atoms with Gasteiger partial charge in [0.1, 0.15) is 5.69 Å². The van der Waals surface area contributed by atoms with Gasteiger partial charge in [-0.1, -0.05) is 35.3 Å². The van der Waals surface area contributed by atoms with Gasteiger partial charge in [-0.25, -0.2) is 0 Å². The minimum Gasteiger partial charge on any atom is -0.271 e. The van der Waals surface area contributed by atoms with Crippen LogP contribution in [0.15, 0.2) is 24.4 Å². The third kappa shape index (κ3) is 2.76. The SMILES string of the molecule is NNC(Cc1cccc(Cl)c1Cl)c1cn[nH]n1. The maximum Gasteiger partial charge on any atom is 0.101 e. The van der Waals surface area contributed by atoms with Gasteiger partial charge in [0.25, 0.3) is 0 Å². The second-order valence-corrected chi connectivity index (χ2v) is 4.32. The molecule has 0 amide bonds. The van der Waals surface area contributed by atoms with Crippen LogP contribution in [0.25, 0.3) is 0 Å². The molecule has 0 saturated heterocycles. The molecule has 5 nitrogen and oxygen atoms in total. The van der Waals surface area contributed by atoms with Gasteiger partial charge < -0.3 is 0 Å². The summed E-state index contributed by atoms with van der Waals surface area (Å²) in [6.07, 6.45) is 2.20. The highest BCUT2D eigenvalue weighted by molar-refractivity contribution is 6.42. The topological polar surface area (TPSA) is 79.6 Å². The fraction of sp³-hybridized carbons (Fsp3) is 0.200. The van der Waals surface area contributed by atoms with Crippen LogP contribution in [0.4, 0.5) is 0 Å². The maximum absolute atomic E-state index is 6.11. The number of benzene rings is 1. The van der Waals surface area contributed by atoms with E-state index in [1.165, 1.54) is 0 Å². The fourth-order valence-electron chi connectivity index (χ4n) is 1.55. The zero-order chi connectivity index (χ0) is 12.3. The number of aromatic nitrogens is 3. The minimum absolute atomic E-state index is 0.162. The summed E-state index contributed by atoms with van der Waals surface area (Å²) in [5.74, 6) is 5.49. The zero-order valence-electron chi connectivity index (χ0n) is 8.82. The van der Waals surface area contributed by atoms with Gasteiger partial charge in [0.2, 0.25) is 0 Å². The van der Waals surface area contributed by atoms with Gasteiger partial charge in [0, 0.05) is 0 Å². The lowest BCUT2D eigenvalue weighted by molar-refractivity contribution is 0.537. The maximum atomic E-state index is 6.11. The van der Waals surface area contributed by atoms with Crippen molar-refractivity contribution in [3.8, 4) is 0 Å². The van der Waals surface area contributed by atoms with E-state index in [9.17, 15) is 0 Å². The van der Waals surface area contributed by atoms with Crippen molar-refractivity contribution in [1.29, 1.82) is 0 Å². The number of hydrogen-bond acceptors (Lipinski definition) is 4. The zero-order valence-corrected chi connectivity index (χ0v) is 10.3. The average molecular weight is 272 g/mol. The Labute approximate surface area is 108 Å². The Hall–Kier alpha value is -1.14. The first-order chi connectivity index (χ1) is 8.22. The molecule has 2 aromatic rings. The highest BCUT2D eigenvalue weighted by atomic mass is 35.5. The van der Waals surface area contributed by atoms with Gasteiger partial charge in [-0.3, -0.25) is 11.3 Å². The molecule has 0 aliphatic heterocycles. The first kappa shape index (κ1) is 12.3. The van der Waals surface area contributed by atoms with E-state index in [2.05, 4.69) is 20.8 Å². The van der Waals surface area contributed by atoms with E-state index in [1.54, 1.807) is 12.3 Å². The van der Waals surface area contributed by atoms with Crippen LogP contribution in [0.3, 0.4) is 0 Å². The summed E-state index contributed by atoms with van der Waals surface area (Å²) >= 11 is 12.1. The van der Waals surface area contributed by atoms with Crippen LogP contribution >= 0.6 is 23.2 Å². The Kier molecular flexibility index (Phi) is 3.96. The Morgan fingerprint density at radius 2 is 2.24 bits per heavy atom.